The molecule has 0 spiro atoms. The Bertz CT molecular complexity index is 1170. The highest BCUT2D eigenvalue weighted by atomic mass is 32.2. The Hall–Kier alpha value is -3.23. The lowest BCUT2D eigenvalue weighted by molar-refractivity contribution is -0.120. The molecule has 156 valence electrons. The summed E-state index contributed by atoms with van der Waals surface area (Å²) in [5.41, 5.74) is 1.23. The Labute approximate surface area is 175 Å². The number of carbonyl (C=O) groups is 2. The number of hydrogen-bond donors (Lipinski definition) is 3. The molecule has 3 aromatic carbocycles. The van der Waals surface area contributed by atoms with Gasteiger partial charge in [-0.3, -0.25) is 9.59 Å². The number of hydrogen-bond acceptors (Lipinski definition) is 4. The van der Waals surface area contributed by atoms with Crippen molar-refractivity contribution in [3.63, 3.8) is 0 Å². The molecule has 3 aromatic rings. The fraction of sp³-hybridized carbons (Fsp3) is 0.182. The quantitative estimate of drug-likeness (QED) is 0.540. The third-order valence-corrected chi connectivity index (χ3v) is 6.19. The molecule has 30 heavy (non-hydrogen) atoms. The topological polar surface area (TPSA) is 104 Å². The largest absolute Gasteiger partial charge is 0.348 e. The first-order chi connectivity index (χ1) is 14.3. The van der Waals surface area contributed by atoms with Crippen LogP contribution in [0.15, 0.2) is 71.6 Å². The zero-order chi connectivity index (χ0) is 21.7. The van der Waals surface area contributed by atoms with Gasteiger partial charge in [-0.25, -0.2) is 13.1 Å². The molecule has 0 aliphatic heterocycles. The normalized spacial score (nSPS) is 12.3. The first-order valence-electron chi connectivity index (χ1n) is 9.40. The van der Waals surface area contributed by atoms with Crippen LogP contribution >= 0.6 is 0 Å². The van der Waals surface area contributed by atoms with E-state index in [1.165, 1.54) is 31.3 Å². The van der Waals surface area contributed by atoms with E-state index in [9.17, 15) is 18.0 Å². The minimum atomic E-state index is -3.57. The maximum atomic E-state index is 12.2. The van der Waals surface area contributed by atoms with Gasteiger partial charge in [0.15, 0.2) is 0 Å². The van der Waals surface area contributed by atoms with Crippen LogP contribution in [0.3, 0.4) is 0 Å². The van der Waals surface area contributed by atoms with E-state index in [0.29, 0.717) is 0 Å². The van der Waals surface area contributed by atoms with Gasteiger partial charge in [-0.1, -0.05) is 36.4 Å². The summed E-state index contributed by atoms with van der Waals surface area (Å²) in [7, 11) is -2.25. The van der Waals surface area contributed by atoms with Gasteiger partial charge in [0.2, 0.25) is 15.9 Å². The van der Waals surface area contributed by atoms with Gasteiger partial charge in [0.1, 0.15) is 0 Å². The van der Waals surface area contributed by atoms with Crippen LogP contribution < -0.4 is 15.4 Å². The Morgan fingerprint density at radius 1 is 0.933 bits per heavy atom. The van der Waals surface area contributed by atoms with E-state index in [2.05, 4.69) is 15.4 Å². The van der Waals surface area contributed by atoms with E-state index < -0.39 is 15.9 Å². The highest BCUT2D eigenvalue weighted by Gasteiger charge is 2.14. The maximum absolute atomic E-state index is 12.2. The zero-order valence-corrected chi connectivity index (χ0v) is 17.5. The number of benzene rings is 3. The van der Waals surface area contributed by atoms with Gasteiger partial charge in [0.05, 0.1) is 17.5 Å². The molecule has 1 unspecified atom stereocenters. The highest BCUT2D eigenvalue weighted by Crippen LogP contribution is 2.20. The van der Waals surface area contributed by atoms with E-state index in [1.54, 1.807) is 0 Å². The average molecular weight is 426 g/mol. The van der Waals surface area contributed by atoms with Crippen molar-refractivity contribution in [1.82, 2.24) is 15.4 Å². The third-order valence-electron chi connectivity index (χ3n) is 4.76. The molecule has 3 rings (SSSR count). The number of sulfonamides is 1. The van der Waals surface area contributed by atoms with Gasteiger partial charge in [-0.05, 0) is 60.6 Å². The Morgan fingerprint density at radius 3 is 2.27 bits per heavy atom. The van der Waals surface area contributed by atoms with E-state index >= 15 is 0 Å². The molecule has 0 radical (unpaired) electrons. The Morgan fingerprint density at radius 2 is 1.60 bits per heavy atom. The van der Waals surface area contributed by atoms with Crippen LogP contribution in [0.25, 0.3) is 10.8 Å². The number of amides is 2. The number of rotatable bonds is 7. The summed E-state index contributed by atoms with van der Waals surface area (Å²) in [6.45, 7) is 1.69. The molecular weight excluding hydrogens is 402 g/mol. The van der Waals surface area contributed by atoms with Crippen molar-refractivity contribution in [3.8, 4) is 0 Å². The first kappa shape index (κ1) is 21.5. The van der Waals surface area contributed by atoms with Crippen LogP contribution in [0, 0.1) is 0 Å². The SMILES string of the molecule is CNS(=O)(=O)c1ccc(C(=O)NCC(=O)NC(C)c2ccc3ccccc3c2)cc1. The molecule has 1 atom stereocenters. The smallest absolute Gasteiger partial charge is 0.251 e. The second-order valence-electron chi connectivity index (χ2n) is 6.81. The minimum Gasteiger partial charge on any atom is -0.348 e. The van der Waals surface area contributed by atoms with Gasteiger partial charge < -0.3 is 10.6 Å². The fourth-order valence-corrected chi connectivity index (χ4v) is 3.75. The van der Waals surface area contributed by atoms with Crippen LogP contribution in [0.4, 0.5) is 0 Å². The first-order valence-corrected chi connectivity index (χ1v) is 10.9. The van der Waals surface area contributed by atoms with Gasteiger partial charge >= 0.3 is 0 Å². The molecule has 2 amide bonds. The molecule has 0 aliphatic carbocycles. The number of nitrogens with one attached hydrogen (secondary N) is 3. The molecule has 0 heterocycles. The zero-order valence-electron chi connectivity index (χ0n) is 16.7. The van der Waals surface area contributed by atoms with Crippen molar-refractivity contribution in [2.45, 2.75) is 17.9 Å². The second-order valence-corrected chi connectivity index (χ2v) is 8.70. The van der Waals surface area contributed by atoms with Crippen molar-refractivity contribution >= 4 is 32.6 Å². The summed E-state index contributed by atoms with van der Waals surface area (Å²) >= 11 is 0. The van der Waals surface area contributed by atoms with Crippen LogP contribution in [0.1, 0.15) is 28.9 Å². The molecule has 0 aromatic heterocycles. The fourth-order valence-electron chi connectivity index (χ4n) is 3.02. The van der Waals surface area contributed by atoms with Crippen molar-refractivity contribution in [2.75, 3.05) is 13.6 Å². The van der Waals surface area contributed by atoms with Gasteiger partial charge in [0, 0.05) is 5.56 Å². The molecule has 0 aliphatic rings. The lowest BCUT2D eigenvalue weighted by atomic mass is 10.0. The third kappa shape index (κ3) is 5.03. The van der Waals surface area contributed by atoms with Crippen molar-refractivity contribution in [2.24, 2.45) is 0 Å². The summed E-state index contributed by atoms with van der Waals surface area (Å²) in [4.78, 5) is 24.5. The molecule has 0 saturated carbocycles. The maximum Gasteiger partial charge on any atom is 0.251 e. The van der Waals surface area contributed by atoms with E-state index in [-0.39, 0.29) is 29.0 Å². The van der Waals surface area contributed by atoms with Crippen molar-refractivity contribution in [3.05, 3.63) is 77.9 Å². The molecule has 0 bridgehead atoms. The summed E-state index contributed by atoms with van der Waals surface area (Å²) in [6.07, 6.45) is 0. The molecule has 3 N–H and O–H groups in total. The Balaban J connectivity index is 1.56. The lowest BCUT2D eigenvalue weighted by Gasteiger charge is -2.15. The molecule has 0 saturated heterocycles. The number of fused-ring (bicyclic) bond motifs is 1. The highest BCUT2D eigenvalue weighted by molar-refractivity contribution is 7.89. The van der Waals surface area contributed by atoms with Gasteiger partial charge in [-0.15, -0.1) is 0 Å². The minimum absolute atomic E-state index is 0.0588. The van der Waals surface area contributed by atoms with Crippen LogP contribution in [0.2, 0.25) is 0 Å². The molecule has 7 nitrogen and oxygen atoms in total. The van der Waals surface area contributed by atoms with E-state index in [4.69, 9.17) is 0 Å². The van der Waals surface area contributed by atoms with Crippen LogP contribution in [-0.2, 0) is 14.8 Å². The second kappa shape index (κ2) is 9.06. The Kier molecular flexibility index (Phi) is 6.49. The van der Waals surface area contributed by atoms with Crippen LogP contribution in [0.5, 0.6) is 0 Å². The summed E-state index contributed by atoms with van der Waals surface area (Å²) in [6, 6.07) is 19.2. The van der Waals surface area contributed by atoms with Gasteiger partial charge in [-0.2, -0.15) is 0 Å². The number of carbonyl (C=O) groups excluding carboxylic acids is 2. The van der Waals surface area contributed by atoms with E-state index in [0.717, 1.165) is 16.3 Å². The summed E-state index contributed by atoms with van der Waals surface area (Å²) in [5.74, 6) is -0.782. The van der Waals surface area contributed by atoms with Gasteiger partial charge in [0.25, 0.3) is 5.91 Å². The molecular formula is C22H23N3O4S. The predicted molar refractivity (Wildman–Crippen MR) is 116 cm³/mol. The van der Waals surface area contributed by atoms with E-state index in [1.807, 2.05) is 49.4 Å². The van der Waals surface area contributed by atoms with Crippen molar-refractivity contribution in [1.29, 1.82) is 0 Å². The average Bonchev–Trinajstić information content (AvgIpc) is 2.77. The monoisotopic (exact) mass is 425 g/mol. The molecule has 0 fully saturated rings. The standard InChI is InChI=1S/C22H23N3O4S/c1-15(18-8-7-16-5-3-4-6-19(16)13-18)25-21(26)14-24-22(27)17-9-11-20(12-10-17)30(28,29)23-2/h3-13,15,23H,14H2,1-2H3,(H,24,27)(H,25,26). The predicted octanol–water partition coefficient (Wildman–Crippen LogP) is 2.36. The van der Waals surface area contributed by atoms with Crippen LogP contribution in [-0.4, -0.2) is 33.8 Å². The summed E-state index contributed by atoms with van der Waals surface area (Å²) in [5, 5.41) is 7.62. The molecule has 8 heteroatoms. The van der Waals surface area contributed by atoms with Crippen molar-refractivity contribution < 1.29 is 18.0 Å². The summed E-state index contributed by atoms with van der Waals surface area (Å²) < 4.78 is 25.7. The lowest BCUT2D eigenvalue weighted by Crippen LogP contribution is -2.38.